The van der Waals surface area contributed by atoms with Crippen molar-refractivity contribution in [2.45, 2.75) is 6.42 Å². The van der Waals surface area contributed by atoms with Crippen molar-refractivity contribution < 1.29 is 16.7 Å². The van der Waals surface area contributed by atoms with Crippen molar-refractivity contribution in [2.24, 2.45) is 0 Å². The minimum Gasteiger partial charge on any atom is -0.375 e. The van der Waals surface area contributed by atoms with Gasteiger partial charge in [0, 0.05) is 14.1 Å². The molecule has 0 spiro atoms. The van der Waals surface area contributed by atoms with Crippen LogP contribution in [0.25, 0.3) is 0 Å². The Morgan fingerprint density at radius 2 is 1.94 bits per heavy atom. The largest absolute Gasteiger partial charge is 0.375 e. The van der Waals surface area contributed by atoms with Gasteiger partial charge in [0.1, 0.15) is 5.82 Å². The third kappa shape index (κ3) is 3.77. The second-order valence-electron chi connectivity index (χ2n) is 3.67. The van der Waals surface area contributed by atoms with Crippen LogP contribution in [-0.4, -0.2) is 28.3 Å². The Bertz CT molecular complexity index is 472. The molecule has 90 valence electrons. The third-order valence-corrected chi connectivity index (χ3v) is 2.82. The molecule has 0 saturated heterocycles. The van der Waals surface area contributed by atoms with E-state index in [1.807, 2.05) is 0 Å². The molecule has 1 aromatic carbocycles. The molecular formula is C10H13F2NO2S. The molecule has 6 heteroatoms. The Morgan fingerprint density at radius 3 is 2.38 bits per heavy atom. The van der Waals surface area contributed by atoms with Gasteiger partial charge in [-0.1, -0.05) is 6.07 Å². The summed E-state index contributed by atoms with van der Waals surface area (Å²) >= 11 is 0. The van der Waals surface area contributed by atoms with E-state index in [4.69, 9.17) is 0 Å². The lowest BCUT2D eigenvalue weighted by molar-refractivity contribution is 0.551. The van der Waals surface area contributed by atoms with Crippen molar-refractivity contribution in [1.82, 2.24) is 0 Å². The second-order valence-corrected chi connectivity index (χ2v) is 5.16. The molecular weight excluding hydrogens is 236 g/mol. The second kappa shape index (κ2) is 4.78. The lowest BCUT2D eigenvalue weighted by Crippen LogP contribution is -2.11. The minimum absolute atomic E-state index is 0.0243. The molecule has 3 nitrogen and oxygen atoms in total. The summed E-state index contributed by atoms with van der Waals surface area (Å²) < 4.78 is 46.3. The number of anilines is 1. The molecule has 0 atom stereocenters. The van der Waals surface area contributed by atoms with E-state index in [1.54, 1.807) is 25.1 Å². The zero-order valence-electron chi connectivity index (χ0n) is 9.07. The van der Waals surface area contributed by atoms with E-state index in [2.05, 4.69) is 0 Å². The van der Waals surface area contributed by atoms with Gasteiger partial charge >= 0.3 is 10.2 Å². The summed E-state index contributed by atoms with van der Waals surface area (Å²) in [4.78, 5) is 1.60. The van der Waals surface area contributed by atoms with E-state index in [9.17, 15) is 16.7 Å². The van der Waals surface area contributed by atoms with E-state index in [0.717, 1.165) is 0 Å². The molecule has 1 aromatic rings. The predicted molar refractivity (Wildman–Crippen MR) is 59.3 cm³/mol. The Labute approximate surface area is 93.9 Å². The summed E-state index contributed by atoms with van der Waals surface area (Å²) in [7, 11) is -1.10. The van der Waals surface area contributed by atoms with Crippen LogP contribution >= 0.6 is 0 Å². The summed E-state index contributed by atoms with van der Waals surface area (Å²) in [5, 5.41) is 0. The smallest absolute Gasteiger partial charge is 0.302 e. The van der Waals surface area contributed by atoms with Crippen molar-refractivity contribution in [3.8, 4) is 0 Å². The van der Waals surface area contributed by atoms with Gasteiger partial charge in [0.2, 0.25) is 0 Å². The van der Waals surface area contributed by atoms with Crippen LogP contribution in [0.5, 0.6) is 0 Å². The highest BCUT2D eigenvalue weighted by Crippen LogP contribution is 2.18. The van der Waals surface area contributed by atoms with Crippen LogP contribution in [0.3, 0.4) is 0 Å². The molecule has 0 amide bonds. The molecule has 0 bridgehead atoms. The summed E-state index contributed by atoms with van der Waals surface area (Å²) in [6, 6.07) is 4.35. The van der Waals surface area contributed by atoms with Crippen molar-refractivity contribution in [1.29, 1.82) is 0 Å². The van der Waals surface area contributed by atoms with Gasteiger partial charge in [-0.15, -0.1) is 3.89 Å². The number of aryl methyl sites for hydroxylation is 1. The number of benzene rings is 1. The normalized spacial score (nSPS) is 11.5. The number of halogens is 2. The van der Waals surface area contributed by atoms with Crippen LogP contribution in [0.4, 0.5) is 14.0 Å². The average Bonchev–Trinajstić information content (AvgIpc) is 2.13. The third-order valence-electron chi connectivity index (χ3n) is 2.13. The molecule has 0 fully saturated rings. The highest BCUT2D eigenvalue weighted by atomic mass is 32.3. The van der Waals surface area contributed by atoms with Gasteiger partial charge in [-0.2, -0.15) is 8.42 Å². The molecule has 0 aliphatic carbocycles. The zero-order valence-corrected chi connectivity index (χ0v) is 9.89. The highest BCUT2D eigenvalue weighted by Gasteiger charge is 2.09. The van der Waals surface area contributed by atoms with Crippen LogP contribution < -0.4 is 4.90 Å². The first kappa shape index (κ1) is 12.9. The van der Waals surface area contributed by atoms with Crippen LogP contribution in [0, 0.1) is 5.82 Å². The van der Waals surface area contributed by atoms with Crippen LogP contribution in [-0.2, 0) is 16.6 Å². The Morgan fingerprint density at radius 1 is 1.31 bits per heavy atom. The van der Waals surface area contributed by atoms with Crippen LogP contribution in [0.15, 0.2) is 18.2 Å². The lowest BCUT2D eigenvalue weighted by atomic mass is 10.1. The standard InChI is InChI=1S/C10H13F2NO2S/c1-13(2)10-4-3-8(7-9(10)11)5-6-16(12,14)15/h3-4,7H,5-6H2,1-2H3. The quantitative estimate of drug-likeness (QED) is 0.763. The molecule has 0 radical (unpaired) electrons. The van der Waals surface area contributed by atoms with Crippen molar-refractivity contribution in [2.75, 3.05) is 24.7 Å². The first-order chi connectivity index (χ1) is 7.29. The zero-order chi connectivity index (χ0) is 12.3. The van der Waals surface area contributed by atoms with E-state index in [0.29, 0.717) is 11.3 Å². The fraction of sp³-hybridized carbons (Fsp3) is 0.400. The Balaban J connectivity index is 2.82. The molecule has 16 heavy (non-hydrogen) atoms. The van der Waals surface area contributed by atoms with Gasteiger partial charge in [0.05, 0.1) is 11.4 Å². The maximum absolute atomic E-state index is 13.4. The van der Waals surface area contributed by atoms with Crippen molar-refractivity contribution >= 4 is 15.9 Å². The number of hydrogen-bond donors (Lipinski definition) is 0. The van der Waals surface area contributed by atoms with Gasteiger partial charge < -0.3 is 4.90 Å². The van der Waals surface area contributed by atoms with Crippen molar-refractivity contribution in [3.05, 3.63) is 29.6 Å². The van der Waals surface area contributed by atoms with E-state index < -0.39 is 21.8 Å². The lowest BCUT2D eigenvalue weighted by Gasteiger charge is -2.13. The topological polar surface area (TPSA) is 37.4 Å². The number of nitrogens with zero attached hydrogens (tertiary/aromatic N) is 1. The minimum atomic E-state index is -4.49. The number of hydrogen-bond acceptors (Lipinski definition) is 3. The van der Waals surface area contributed by atoms with Crippen LogP contribution in [0.1, 0.15) is 5.56 Å². The molecule has 0 aliphatic rings. The van der Waals surface area contributed by atoms with Gasteiger partial charge in [-0.3, -0.25) is 0 Å². The maximum atomic E-state index is 13.4. The molecule has 0 heterocycles. The molecule has 0 N–H and O–H groups in total. The Kier molecular flexibility index (Phi) is 3.85. The summed E-state index contributed by atoms with van der Waals surface area (Å²) in [6.45, 7) is 0. The predicted octanol–water partition coefficient (Wildman–Crippen LogP) is 1.73. The van der Waals surface area contributed by atoms with Gasteiger partial charge in [-0.05, 0) is 24.1 Å². The fourth-order valence-electron chi connectivity index (χ4n) is 1.31. The summed E-state index contributed by atoms with van der Waals surface area (Å²) in [6.07, 6.45) is -0.0243. The maximum Gasteiger partial charge on any atom is 0.302 e. The summed E-state index contributed by atoms with van der Waals surface area (Å²) in [5.41, 5.74) is 0.871. The Hall–Kier alpha value is -1.17. The van der Waals surface area contributed by atoms with Crippen molar-refractivity contribution in [3.63, 3.8) is 0 Å². The first-order valence-corrected chi connectivity index (χ1v) is 6.23. The van der Waals surface area contributed by atoms with Gasteiger partial charge in [0.25, 0.3) is 0 Å². The van der Waals surface area contributed by atoms with E-state index in [-0.39, 0.29) is 6.42 Å². The van der Waals surface area contributed by atoms with E-state index in [1.165, 1.54) is 12.1 Å². The van der Waals surface area contributed by atoms with E-state index >= 15 is 0 Å². The molecule has 0 aromatic heterocycles. The van der Waals surface area contributed by atoms with Gasteiger partial charge in [0.15, 0.2) is 0 Å². The molecule has 0 unspecified atom stereocenters. The monoisotopic (exact) mass is 249 g/mol. The van der Waals surface area contributed by atoms with Crippen LogP contribution in [0.2, 0.25) is 0 Å². The SMILES string of the molecule is CN(C)c1ccc(CCS(=O)(=O)F)cc1F. The molecule has 0 saturated carbocycles. The number of rotatable bonds is 4. The average molecular weight is 249 g/mol. The summed E-state index contributed by atoms with van der Waals surface area (Å²) in [5.74, 6) is -1.06. The molecule has 1 rings (SSSR count). The first-order valence-electron chi connectivity index (χ1n) is 4.67. The fourth-order valence-corrected chi connectivity index (χ4v) is 1.79. The molecule has 0 aliphatic heterocycles. The van der Waals surface area contributed by atoms with Gasteiger partial charge in [-0.25, -0.2) is 4.39 Å². The highest BCUT2D eigenvalue weighted by molar-refractivity contribution is 7.86.